The topological polar surface area (TPSA) is 76.1 Å². The van der Waals surface area contributed by atoms with Gasteiger partial charge in [-0.2, -0.15) is 0 Å². The van der Waals surface area contributed by atoms with Crippen molar-refractivity contribution < 1.29 is 9.53 Å². The summed E-state index contributed by atoms with van der Waals surface area (Å²) in [7, 11) is 0. The largest absolute Gasteiger partial charge is 0.491 e. The second-order valence-electron chi connectivity index (χ2n) is 4.01. The van der Waals surface area contributed by atoms with Crippen molar-refractivity contribution in [3.63, 3.8) is 0 Å². The molecule has 104 valence electrons. The number of nitrogens with zero attached hydrogens (tertiary/aromatic N) is 2. The Morgan fingerprint density at radius 2 is 2.10 bits per heavy atom. The van der Waals surface area contributed by atoms with Gasteiger partial charge in [0.1, 0.15) is 5.75 Å². The van der Waals surface area contributed by atoms with Crippen molar-refractivity contribution in [2.45, 2.75) is 13.3 Å². The molecule has 0 fully saturated rings. The van der Waals surface area contributed by atoms with Gasteiger partial charge in [0.25, 0.3) is 0 Å². The summed E-state index contributed by atoms with van der Waals surface area (Å²) in [5, 5.41) is 5.32. The molecule has 0 aliphatic heterocycles. The van der Waals surface area contributed by atoms with Crippen LogP contribution in [0.5, 0.6) is 5.75 Å². The number of carbonyl (C=O) groups is 1. The van der Waals surface area contributed by atoms with E-state index in [4.69, 9.17) is 4.74 Å². The molecule has 0 unspecified atom stereocenters. The summed E-state index contributed by atoms with van der Waals surface area (Å²) < 4.78 is 5.57. The van der Waals surface area contributed by atoms with E-state index in [-0.39, 0.29) is 0 Å². The van der Waals surface area contributed by atoms with Crippen LogP contribution in [0, 0.1) is 0 Å². The molecule has 2 aromatic rings. The van der Waals surface area contributed by atoms with Crippen LogP contribution in [-0.2, 0) is 0 Å². The van der Waals surface area contributed by atoms with Crippen LogP contribution in [0.25, 0.3) is 0 Å². The van der Waals surface area contributed by atoms with E-state index in [1.807, 2.05) is 25.1 Å². The number of carbonyl (C=O) groups excluding carboxylic acids is 1. The highest BCUT2D eigenvalue weighted by Gasteiger charge is 2.07. The smallest absolute Gasteiger partial charge is 0.324 e. The number of rotatable bonds is 5. The highest BCUT2D eigenvalue weighted by Crippen LogP contribution is 2.23. The molecule has 1 aromatic carbocycles. The summed E-state index contributed by atoms with van der Waals surface area (Å²) in [5.74, 6) is 1.03. The zero-order chi connectivity index (χ0) is 14.2. The Labute approximate surface area is 117 Å². The second kappa shape index (κ2) is 7.08. The van der Waals surface area contributed by atoms with Crippen LogP contribution < -0.4 is 15.4 Å². The molecular weight excluding hydrogens is 256 g/mol. The Balaban J connectivity index is 2.00. The van der Waals surface area contributed by atoms with Gasteiger partial charge in [-0.3, -0.25) is 10.3 Å². The monoisotopic (exact) mass is 272 g/mol. The maximum atomic E-state index is 11.9. The van der Waals surface area contributed by atoms with Crippen molar-refractivity contribution in [1.29, 1.82) is 0 Å². The number of urea groups is 1. The molecule has 2 rings (SSSR count). The molecule has 2 N–H and O–H groups in total. The van der Waals surface area contributed by atoms with Gasteiger partial charge in [-0.25, -0.2) is 9.78 Å². The lowest BCUT2D eigenvalue weighted by molar-refractivity contribution is 0.261. The number of para-hydroxylation sites is 2. The molecular formula is C14H16N4O2. The first kappa shape index (κ1) is 13.8. The molecule has 0 aliphatic rings. The molecule has 6 heteroatoms. The van der Waals surface area contributed by atoms with E-state index in [1.54, 1.807) is 6.07 Å². The number of nitrogens with one attached hydrogen (secondary N) is 2. The van der Waals surface area contributed by atoms with Crippen molar-refractivity contribution in [3.05, 3.63) is 42.9 Å². The van der Waals surface area contributed by atoms with Gasteiger partial charge in [0.15, 0.2) is 5.82 Å². The Bertz CT molecular complexity index is 560. The molecule has 2 amide bonds. The number of hydrogen-bond acceptors (Lipinski definition) is 4. The van der Waals surface area contributed by atoms with Gasteiger partial charge in [0.05, 0.1) is 18.5 Å². The Hall–Kier alpha value is -2.63. The normalized spacial score (nSPS) is 9.85. The third kappa shape index (κ3) is 3.94. The number of hydrogen-bond donors (Lipinski definition) is 2. The van der Waals surface area contributed by atoms with Gasteiger partial charge in [-0.15, -0.1) is 0 Å². The quantitative estimate of drug-likeness (QED) is 0.877. The van der Waals surface area contributed by atoms with Crippen molar-refractivity contribution >= 4 is 17.5 Å². The van der Waals surface area contributed by atoms with Crippen LogP contribution in [-0.4, -0.2) is 22.6 Å². The first-order chi connectivity index (χ1) is 9.79. The standard InChI is InChI=1S/C14H16N4O2/c1-2-9-20-12-6-4-3-5-11(12)17-14(19)18-13-10-15-7-8-16-13/h3-8,10H,2,9H2,1H3,(H2,16,17,18,19). The fourth-order valence-corrected chi connectivity index (χ4v) is 1.54. The number of benzene rings is 1. The fraction of sp³-hybridized carbons (Fsp3) is 0.214. The van der Waals surface area contributed by atoms with Gasteiger partial charge in [-0.05, 0) is 18.6 Å². The van der Waals surface area contributed by atoms with Gasteiger partial charge >= 0.3 is 6.03 Å². The highest BCUT2D eigenvalue weighted by atomic mass is 16.5. The van der Waals surface area contributed by atoms with Crippen LogP contribution >= 0.6 is 0 Å². The van der Waals surface area contributed by atoms with Crippen LogP contribution in [0.2, 0.25) is 0 Å². The predicted molar refractivity (Wildman–Crippen MR) is 76.9 cm³/mol. The van der Waals surface area contributed by atoms with Crippen molar-refractivity contribution in [1.82, 2.24) is 9.97 Å². The summed E-state index contributed by atoms with van der Waals surface area (Å²) in [6.45, 7) is 2.63. The van der Waals surface area contributed by atoms with E-state index in [0.29, 0.717) is 23.9 Å². The molecule has 0 saturated heterocycles. The molecule has 0 atom stereocenters. The third-order valence-electron chi connectivity index (χ3n) is 2.40. The lowest BCUT2D eigenvalue weighted by atomic mass is 10.3. The van der Waals surface area contributed by atoms with E-state index >= 15 is 0 Å². The molecule has 1 heterocycles. The Kier molecular flexibility index (Phi) is 4.88. The van der Waals surface area contributed by atoms with Crippen molar-refractivity contribution in [3.8, 4) is 5.75 Å². The summed E-state index contributed by atoms with van der Waals surface area (Å²) in [4.78, 5) is 19.7. The molecule has 20 heavy (non-hydrogen) atoms. The van der Waals surface area contributed by atoms with E-state index in [0.717, 1.165) is 6.42 Å². The van der Waals surface area contributed by atoms with Crippen molar-refractivity contribution in [2.75, 3.05) is 17.2 Å². The number of amides is 2. The summed E-state index contributed by atoms with van der Waals surface area (Å²) >= 11 is 0. The zero-order valence-corrected chi connectivity index (χ0v) is 11.2. The molecule has 6 nitrogen and oxygen atoms in total. The summed E-state index contributed by atoms with van der Waals surface area (Å²) in [6.07, 6.45) is 5.42. The van der Waals surface area contributed by atoms with Crippen LogP contribution in [0.4, 0.5) is 16.3 Å². The molecule has 1 aromatic heterocycles. The minimum Gasteiger partial charge on any atom is -0.491 e. The molecule has 0 bridgehead atoms. The van der Waals surface area contributed by atoms with Gasteiger partial charge in [-0.1, -0.05) is 19.1 Å². The molecule has 0 spiro atoms. The number of anilines is 2. The van der Waals surface area contributed by atoms with Crippen LogP contribution in [0.15, 0.2) is 42.9 Å². The van der Waals surface area contributed by atoms with Gasteiger partial charge in [0, 0.05) is 12.4 Å². The number of ether oxygens (including phenoxy) is 1. The van der Waals surface area contributed by atoms with Crippen LogP contribution in [0.3, 0.4) is 0 Å². The molecule has 0 aliphatic carbocycles. The average Bonchev–Trinajstić information content (AvgIpc) is 2.47. The van der Waals surface area contributed by atoms with Crippen molar-refractivity contribution in [2.24, 2.45) is 0 Å². The molecule has 0 radical (unpaired) electrons. The van der Waals surface area contributed by atoms with E-state index < -0.39 is 6.03 Å². The minimum absolute atomic E-state index is 0.386. The molecule has 0 saturated carbocycles. The lowest BCUT2D eigenvalue weighted by Crippen LogP contribution is -2.20. The van der Waals surface area contributed by atoms with E-state index in [9.17, 15) is 4.79 Å². The van der Waals surface area contributed by atoms with Crippen LogP contribution in [0.1, 0.15) is 13.3 Å². The van der Waals surface area contributed by atoms with Gasteiger partial charge in [0.2, 0.25) is 0 Å². The fourth-order valence-electron chi connectivity index (χ4n) is 1.54. The predicted octanol–water partition coefficient (Wildman–Crippen LogP) is 2.91. The third-order valence-corrected chi connectivity index (χ3v) is 2.40. The Morgan fingerprint density at radius 3 is 2.85 bits per heavy atom. The van der Waals surface area contributed by atoms with E-state index in [2.05, 4.69) is 20.6 Å². The van der Waals surface area contributed by atoms with E-state index in [1.165, 1.54) is 18.6 Å². The maximum absolute atomic E-state index is 11.9. The highest BCUT2D eigenvalue weighted by molar-refractivity contribution is 5.99. The first-order valence-electron chi connectivity index (χ1n) is 6.35. The SMILES string of the molecule is CCCOc1ccccc1NC(=O)Nc1cnccn1. The first-order valence-corrected chi connectivity index (χ1v) is 6.35. The lowest BCUT2D eigenvalue weighted by Gasteiger charge is -2.12. The minimum atomic E-state index is -0.391. The number of aromatic nitrogens is 2. The summed E-state index contributed by atoms with van der Waals surface area (Å²) in [6, 6.07) is 6.89. The Morgan fingerprint density at radius 1 is 1.25 bits per heavy atom. The maximum Gasteiger partial charge on any atom is 0.324 e. The second-order valence-corrected chi connectivity index (χ2v) is 4.01. The summed E-state index contributed by atoms with van der Waals surface area (Å²) in [5.41, 5.74) is 0.613. The zero-order valence-electron chi connectivity index (χ0n) is 11.2. The van der Waals surface area contributed by atoms with Gasteiger partial charge < -0.3 is 10.1 Å². The average molecular weight is 272 g/mol.